The molecule has 2 aliphatic rings. The molecule has 2 aromatic carbocycles. The number of fused-ring (bicyclic) bond motifs is 1. The van der Waals surface area contributed by atoms with E-state index in [0.717, 1.165) is 22.3 Å². The molecule has 0 atom stereocenters. The van der Waals surface area contributed by atoms with E-state index in [9.17, 15) is 9.59 Å². The summed E-state index contributed by atoms with van der Waals surface area (Å²) in [6.07, 6.45) is 0. The summed E-state index contributed by atoms with van der Waals surface area (Å²) in [7, 11) is 0. The van der Waals surface area contributed by atoms with Crippen LogP contribution in [0.1, 0.15) is 16.7 Å². The first kappa shape index (κ1) is 21.0. The van der Waals surface area contributed by atoms with Crippen LogP contribution in [-0.4, -0.2) is 48.1 Å². The third-order valence-corrected chi connectivity index (χ3v) is 5.64. The zero-order valence-electron chi connectivity index (χ0n) is 15.7. The summed E-state index contributed by atoms with van der Waals surface area (Å²) in [6, 6.07) is 15.1. The van der Waals surface area contributed by atoms with Gasteiger partial charge in [0.25, 0.3) is 11.8 Å². The predicted octanol–water partition coefficient (Wildman–Crippen LogP) is 2.82. The van der Waals surface area contributed by atoms with Crippen molar-refractivity contribution >= 4 is 23.4 Å². The van der Waals surface area contributed by atoms with Crippen LogP contribution < -0.4 is 0 Å². The Balaban J connectivity index is 0.00000225. The van der Waals surface area contributed by atoms with Crippen LogP contribution in [0.5, 0.6) is 0 Å². The Labute approximate surface area is 183 Å². The Hall–Kier alpha value is -1.68. The summed E-state index contributed by atoms with van der Waals surface area (Å²) in [5.41, 5.74) is 4.04. The average Bonchev–Trinajstić information content (AvgIpc) is 2.84. The number of ether oxygens (including phenoxy) is 1. The van der Waals surface area contributed by atoms with E-state index in [1.807, 2.05) is 50.2 Å². The Kier molecular flexibility index (Phi) is 6.00. The fraction of sp³-hybridized carbons (Fsp3) is 0.333. The quantitative estimate of drug-likeness (QED) is 0.319. The molecule has 0 bridgehead atoms. The molecule has 28 heavy (non-hydrogen) atoms. The molecule has 2 aliphatic heterocycles. The Morgan fingerprint density at radius 1 is 1.00 bits per heavy atom. The van der Waals surface area contributed by atoms with Gasteiger partial charge in [-0.1, -0.05) is 66.9 Å². The number of hydrazine groups is 1. The van der Waals surface area contributed by atoms with Gasteiger partial charge < -0.3 is 4.74 Å². The van der Waals surface area contributed by atoms with Gasteiger partial charge in [0, 0.05) is 21.1 Å². The Morgan fingerprint density at radius 2 is 1.57 bits per heavy atom. The average molecular weight is 568 g/mol. The number of halogens is 1. The maximum atomic E-state index is 13.2. The molecule has 0 spiro atoms. The molecule has 146 valence electrons. The van der Waals surface area contributed by atoms with E-state index < -0.39 is 16.7 Å². The van der Waals surface area contributed by atoms with Gasteiger partial charge in [0.05, 0.1) is 26.3 Å². The minimum Gasteiger partial charge on any atom is -0.378 e. The van der Waals surface area contributed by atoms with Crippen molar-refractivity contribution < 1.29 is 35.4 Å². The molecule has 2 aromatic rings. The first-order valence-corrected chi connectivity index (χ1v) is 9.32. The summed E-state index contributed by atoms with van der Waals surface area (Å²) in [6.45, 7) is 5.25. The van der Waals surface area contributed by atoms with Gasteiger partial charge in [-0.3, -0.25) is 9.59 Å². The fourth-order valence-corrected chi connectivity index (χ4v) is 4.17. The summed E-state index contributed by atoms with van der Waals surface area (Å²) in [5.74, 6) is -0.858. The molecule has 0 unspecified atom stereocenters. The van der Waals surface area contributed by atoms with Crippen LogP contribution in [0.4, 0.5) is 0 Å². The molecule has 2 amide bonds. The van der Waals surface area contributed by atoms with Crippen molar-refractivity contribution in [3.63, 3.8) is 0 Å². The van der Waals surface area contributed by atoms with E-state index in [-0.39, 0.29) is 21.1 Å². The van der Waals surface area contributed by atoms with Crippen molar-refractivity contribution in [2.75, 3.05) is 26.3 Å². The van der Waals surface area contributed by atoms with Crippen molar-refractivity contribution in [1.82, 2.24) is 10.0 Å². The molecular weight excluding hydrogens is 548 g/mol. The fourth-order valence-electron chi connectivity index (χ4n) is 3.78. The van der Waals surface area contributed by atoms with Crippen LogP contribution >= 0.6 is 11.6 Å². The van der Waals surface area contributed by atoms with Gasteiger partial charge >= 0.3 is 0 Å². The minimum absolute atomic E-state index is 0. The number of hydrogen-bond acceptors (Lipinski definition) is 3. The molecule has 0 saturated carbocycles. The normalized spacial score (nSPS) is 18.5. The van der Waals surface area contributed by atoms with Crippen molar-refractivity contribution in [3.8, 4) is 11.1 Å². The van der Waals surface area contributed by atoms with Gasteiger partial charge in [-0.2, -0.15) is 0 Å². The van der Waals surface area contributed by atoms with Crippen molar-refractivity contribution in [1.29, 1.82) is 0 Å². The first-order valence-electron chi connectivity index (χ1n) is 8.94. The maximum absolute atomic E-state index is 13.2. The molecule has 0 aromatic heterocycles. The van der Waals surface area contributed by atoms with Crippen LogP contribution in [0.3, 0.4) is 0 Å². The SMILES string of the molecule is Cc1cc(C)c(C2(Cl)C(=O)N3CCOCCN3C2=O)[c-]c1-c1ccccc1.[W]. The van der Waals surface area contributed by atoms with E-state index in [1.165, 1.54) is 10.0 Å². The van der Waals surface area contributed by atoms with Gasteiger partial charge in [0.2, 0.25) is 4.87 Å². The van der Waals surface area contributed by atoms with E-state index in [0.29, 0.717) is 31.9 Å². The number of amides is 2. The molecule has 2 heterocycles. The van der Waals surface area contributed by atoms with Gasteiger partial charge in [-0.05, 0) is 0 Å². The molecule has 0 aliphatic carbocycles. The van der Waals surface area contributed by atoms with Crippen LogP contribution in [-0.2, 0) is 40.3 Å². The molecule has 4 rings (SSSR count). The second kappa shape index (κ2) is 7.98. The van der Waals surface area contributed by atoms with Crippen LogP contribution in [0.25, 0.3) is 11.1 Å². The van der Waals surface area contributed by atoms with E-state index in [1.54, 1.807) is 0 Å². The number of rotatable bonds is 2. The summed E-state index contributed by atoms with van der Waals surface area (Å²) in [4.78, 5) is 24.6. The number of hydrogen-bond donors (Lipinski definition) is 0. The summed E-state index contributed by atoms with van der Waals surface area (Å²) in [5, 5.41) is 2.83. The number of carbonyl (C=O) groups excluding carboxylic acids is 2. The zero-order chi connectivity index (χ0) is 19.2. The summed E-state index contributed by atoms with van der Waals surface area (Å²) >= 11 is 6.79. The minimum atomic E-state index is -1.78. The molecule has 2 saturated heterocycles. The molecule has 0 radical (unpaired) electrons. The Morgan fingerprint density at radius 3 is 2.14 bits per heavy atom. The van der Waals surface area contributed by atoms with Crippen molar-refractivity contribution in [2.24, 2.45) is 0 Å². The second-order valence-electron chi connectivity index (χ2n) is 6.88. The number of benzene rings is 2. The topological polar surface area (TPSA) is 49.9 Å². The smallest absolute Gasteiger partial charge is 0.275 e. The monoisotopic (exact) mass is 567 g/mol. The second-order valence-corrected chi connectivity index (χ2v) is 7.45. The number of nitrogens with zero attached hydrogens (tertiary/aromatic N) is 2. The number of aryl methyl sites for hydroxylation is 2. The number of carbonyl (C=O) groups is 2. The predicted molar refractivity (Wildman–Crippen MR) is 102 cm³/mol. The van der Waals surface area contributed by atoms with Gasteiger partial charge in [-0.25, -0.2) is 10.0 Å². The third kappa shape index (κ3) is 3.20. The van der Waals surface area contributed by atoms with Gasteiger partial charge in [0.15, 0.2) is 0 Å². The van der Waals surface area contributed by atoms with Gasteiger partial charge in [0.1, 0.15) is 0 Å². The van der Waals surface area contributed by atoms with E-state index in [4.69, 9.17) is 16.3 Å². The van der Waals surface area contributed by atoms with Crippen LogP contribution in [0.2, 0.25) is 0 Å². The van der Waals surface area contributed by atoms with Gasteiger partial charge in [-0.15, -0.1) is 28.8 Å². The van der Waals surface area contributed by atoms with Crippen LogP contribution in [0.15, 0.2) is 36.4 Å². The third-order valence-electron chi connectivity index (χ3n) is 5.12. The summed E-state index contributed by atoms with van der Waals surface area (Å²) < 4.78 is 5.38. The molecular formula is C21H20ClN2O3W-. The maximum Gasteiger partial charge on any atom is 0.275 e. The van der Waals surface area contributed by atoms with Crippen molar-refractivity contribution in [3.05, 3.63) is 59.2 Å². The molecule has 7 heteroatoms. The standard InChI is InChI=1S/C21H20ClN2O3.W/c1-14-12-15(2)18(13-17(14)16-6-4-3-5-7-16)21(22)19(25)23-8-10-27-11-9-24(23)20(21)26;/h3-7,12H,8-11H2,1-2H3;/q-1;. The van der Waals surface area contributed by atoms with Crippen molar-refractivity contribution in [2.45, 2.75) is 18.7 Å². The Bertz CT molecular complexity index is 895. The number of alkyl halides is 1. The van der Waals surface area contributed by atoms with E-state index in [2.05, 4.69) is 6.07 Å². The first-order chi connectivity index (χ1) is 12.9. The molecule has 0 N–H and O–H groups in total. The molecule has 5 nitrogen and oxygen atoms in total. The zero-order valence-corrected chi connectivity index (χ0v) is 19.4. The van der Waals surface area contributed by atoms with E-state index >= 15 is 0 Å². The van der Waals surface area contributed by atoms with Crippen LogP contribution in [0, 0.1) is 19.9 Å². The molecule has 2 fully saturated rings. The largest absolute Gasteiger partial charge is 0.378 e.